The van der Waals surface area contributed by atoms with Crippen LogP contribution in [-0.2, 0) is 12.0 Å². The number of amides is 1. The lowest BCUT2D eigenvalue weighted by atomic mass is 9.84. The standard InChI is InChI=1S/C30H40N4O4/c1-7-38-26-14-19-16-34(28(31)21(19)15-22(26)29(36)32-5)17-25(35)18-12-23(30(2,3)4)27(37-6)24(13-18)33-20-10-8-9-11-20/h12-15,20,31,33H,7-11,16-17H2,1-6H3,(H,32,36). The van der Waals surface area contributed by atoms with Crippen LogP contribution in [0.3, 0.4) is 0 Å². The Hall–Kier alpha value is -3.55. The van der Waals surface area contributed by atoms with E-state index in [2.05, 4.69) is 31.4 Å². The fourth-order valence-electron chi connectivity index (χ4n) is 5.38. The average molecular weight is 521 g/mol. The number of carbonyl (C=O) groups excluding carboxylic acids is 2. The molecule has 1 amide bonds. The van der Waals surface area contributed by atoms with E-state index in [-0.39, 0.29) is 29.5 Å². The molecular weight excluding hydrogens is 480 g/mol. The fourth-order valence-corrected chi connectivity index (χ4v) is 5.38. The summed E-state index contributed by atoms with van der Waals surface area (Å²) in [6, 6.07) is 7.72. The van der Waals surface area contributed by atoms with Gasteiger partial charge in [-0.3, -0.25) is 15.0 Å². The van der Waals surface area contributed by atoms with Gasteiger partial charge in [-0.2, -0.15) is 0 Å². The number of nitrogens with one attached hydrogen (secondary N) is 3. The molecule has 0 atom stereocenters. The molecule has 38 heavy (non-hydrogen) atoms. The van der Waals surface area contributed by atoms with Crippen LogP contribution in [0.2, 0.25) is 0 Å². The first-order valence-corrected chi connectivity index (χ1v) is 13.4. The molecular formula is C30H40N4O4. The first kappa shape index (κ1) is 27.5. The zero-order valence-electron chi connectivity index (χ0n) is 23.4. The largest absolute Gasteiger partial charge is 0.494 e. The minimum absolute atomic E-state index is 0.0611. The molecule has 2 aliphatic rings. The zero-order chi connectivity index (χ0) is 27.6. The Morgan fingerprint density at radius 1 is 1.13 bits per heavy atom. The van der Waals surface area contributed by atoms with Gasteiger partial charge in [-0.1, -0.05) is 33.6 Å². The average Bonchev–Trinajstić information content (AvgIpc) is 3.49. The summed E-state index contributed by atoms with van der Waals surface area (Å²) in [7, 11) is 3.25. The molecule has 1 aliphatic heterocycles. The number of amidine groups is 1. The fraction of sp³-hybridized carbons (Fsp3) is 0.500. The molecule has 0 unspecified atom stereocenters. The third kappa shape index (κ3) is 5.49. The van der Waals surface area contributed by atoms with Crippen LogP contribution in [0, 0.1) is 5.41 Å². The van der Waals surface area contributed by atoms with Crippen molar-refractivity contribution >= 4 is 23.2 Å². The van der Waals surface area contributed by atoms with Gasteiger partial charge in [0.15, 0.2) is 5.78 Å². The lowest BCUT2D eigenvalue weighted by Crippen LogP contribution is -2.30. The minimum atomic E-state index is -0.270. The van der Waals surface area contributed by atoms with Crippen molar-refractivity contribution in [1.29, 1.82) is 5.41 Å². The van der Waals surface area contributed by atoms with E-state index in [0.717, 1.165) is 35.4 Å². The predicted octanol–water partition coefficient (Wildman–Crippen LogP) is 5.13. The third-order valence-electron chi connectivity index (χ3n) is 7.38. The smallest absolute Gasteiger partial charge is 0.254 e. The highest BCUT2D eigenvalue weighted by Crippen LogP contribution is 2.40. The second kappa shape index (κ2) is 11.1. The molecule has 1 saturated carbocycles. The highest BCUT2D eigenvalue weighted by atomic mass is 16.5. The molecule has 204 valence electrons. The van der Waals surface area contributed by atoms with Crippen molar-refractivity contribution in [2.75, 3.05) is 32.6 Å². The highest BCUT2D eigenvalue weighted by Gasteiger charge is 2.31. The molecule has 4 rings (SSSR count). The Kier molecular flexibility index (Phi) is 7.99. The van der Waals surface area contributed by atoms with Gasteiger partial charge in [-0.25, -0.2) is 0 Å². The molecule has 1 heterocycles. The number of methoxy groups -OCH3 is 1. The first-order valence-electron chi connectivity index (χ1n) is 13.4. The summed E-state index contributed by atoms with van der Waals surface area (Å²) in [4.78, 5) is 27.8. The number of hydrogen-bond acceptors (Lipinski definition) is 6. The Labute approximate surface area is 225 Å². The summed E-state index contributed by atoms with van der Waals surface area (Å²) in [5, 5.41) is 15.1. The molecule has 0 radical (unpaired) electrons. The van der Waals surface area contributed by atoms with E-state index in [1.807, 2.05) is 25.1 Å². The second-order valence-corrected chi connectivity index (χ2v) is 11.1. The SMILES string of the molecule is CCOc1cc2c(cc1C(=O)NC)C(=N)N(CC(=O)c1cc(NC3CCCC3)c(OC)c(C(C)(C)C)c1)C2. The molecule has 0 aromatic heterocycles. The number of rotatable bonds is 9. The van der Waals surface area contributed by atoms with Crippen LogP contribution >= 0.6 is 0 Å². The monoisotopic (exact) mass is 520 g/mol. The quantitative estimate of drug-likeness (QED) is 0.396. The number of anilines is 1. The van der Waals surface area contributed by atoms with Crippen molar-refractivity contribution in [2.45, 2.75) is 71.4 Å². The van der Waals surface area contributed by atoms with Gasteiger partial charge in [0.2, 0.25) is 0 Å². The van der Waals surface area contributed by atoms with E-state index in [0.29, 0.717) is 41.6 Å². The van der Waals surface area contributed by atoms with Gasteiger partial charge in [-0.15, -0.1) is 0 Å². The van der Waals surface area contributed by atoms with E-state index in [1.54, 1.807) is 25.1 Å². The summed E-state index contributed by atoms with van der Waals surface area (Å²) in [6.45, 7) is 9.11. The van der Waals surface area contributed by atoms with Gasteiger partial charge in [0.1, 0.15) is 17.3 Å². The van der Waals surface area contributed by atoms with Crippen molar-refractivity contribution in [2.24, 2.45) is 0 Å². The lowest BCUT2D eigenvalue weighted by molar-refractivity contribution is 0.0953. The number of benzene rings is 2. The maximum absolute atomic E-state index is 13.7. The first-order chi connectivity index (χ1) is 18.1. The van der Waals surface area contributed by atoms with Gasteiger partial charge >= 0.3 is 0 Å². The molecule has 8 nitrogen and oxygen atoms in total. The van der Waals surface area contributed by atoms with Gasteiger partial charge in [0.25, 0.3) is 5.91 Å². The number of carbonyl (C=O) groups is 2. The van der Waals surface area contributed by atoms with Gasteiger partial charge < -0.3 is 25.0 Å². The molecule has 3 N–H and O–H groups in total. The number of nitrogens with zero attached hydrogens (tertiary/aromatic N) is 1. The van der Waals surface area contributed by atoms with Crippen LogP contribution in [-0.4, -0.2) is 55.8 Å². The summed E-state index contributed by atoms with van der Waals surface area (Å²) in [6.07, 6.45) is 4.62. The molecule has 2 aromatic carbocycles. The van der Waals surface area contributed by atoms with Crippen molar-refractivity contribution in [3.63, 3.8) is 0 Å². The van der Waals surface area contributed by atoms with Gasteiger partial charge in [-0.05, 0) is 55.0 Å². The van der Waals surface area contributed by atoms with Crippen LogP contribution in [0.25, 0.3) is 0 Å². The van der Waals surface area contributed by atoms with E-state index in [9.17, 15) is 9.59 Å². The van der Waals surface area contributed by atoms with E-state index in [1.165, 1.54) is 12.8 Å². The molecule has 0 bridgehead atoms. The second-order valence-electron chi connectivity index (χ2n) is 11.1. The Morgan fingerprint density at radius 3 is 2.45 bits per heavy atom. The topological polar surface area (TPSA) is 104 Å². The van der Waals surface area contributed by atoms with Crippen molar-refractivity contribution in [3.8, 4) is 11.5 Å². The molecule has 8 heteroatoms. The van der Waals surface area contributed by atoms with Crippen molar-refractivity contribution in [3.05, 3.63) is 52.1 Å². The molecule has 2 aromatic rings. The molecule has 0 saturated heterocycles. The summed E-state index contributed by atoms with van der Waals surface area (Å²) >= 11 is 0. The molecule has 1 aliphatic carbocycles. The highest BCUT2D eigenvalue weighted by molar-refractivity contribution is 6.08. The van der Waals surface area contributed by atoms with Gasteiger partial charge in [0, 0.05) is 36.3 Å². The summed E-state index contributed by atoms with van der Waals surface area (Å²) in [5.74, 6) is 1.16. The minimum Gasteiger partial charge on any atom is -0.494 e. The van der Waals surface area contributed by atoms with Crippen molar-refractivity contribution < 1.29 is 19.1 Å². The zero-order valence-corrected chi connectivity index (χ0v) is 23.4. The van der Waals surface area contributed by atoms with Crippen LogP contribution in [0.15, 0.2) is 24.3 Å². The van der Waals surface area contributed by atoms with Crippen LogP contribution in [0.1, 0.15) is 90.8 Å². The van der Waals surface area contributed by atoms with E-state index in [4.69, 9.17) is 14.9 Å². The Morgan fingerprint density at radius 2 is 1.84 bits per heavy atom. The van der Waals surface area contributed by atoms with Crippen molar-refractivity contribution in [1.82, 2.24) is 10.2 Å². The van der Waals surface area contributed by atoms with E-state index < -0.39 is 0 Å². The maximum atomic E-state index is 13.7. The molecule has 1 fully saturated rings. The number of ether oxygens (including phenoxy) is 2. The Balaban J connectivity index is 1.63. The number of hydrogen-bond donors (Lipinski definition) is 3. The van der Waals surface area contributed by atoms with Gasteiger partial charge in [0.05, 0.1) is 31.5 Å². The van der Waals surface area contributed by atoms with E-state index >= 15 is 0 Å². The third-order valence-corrected chi connectivity index (χ3v) is 7.38. The maximum Gasteiger partial charge on any atom is 0.254 e. The Bertz CT molecular complexity index is 1240. The summed E-state index contributed by atoms with van der Waals surface area (Å²) in [5.41, 5.74) is 4.10. The predicted molar refractivity (Wildman–Crippen MR) is 150 cm³/mol. The number of fused-ring (bicyclic) bond motifs is 1. The lowest BCUT2D eigenvalue weighted by Gasteiger charge is -2.27. The number of ketones is 1. The normalized spacial score (nSPS) is 15.4. The summed E-state index contributed by atoms with van der Waals surface area (Å²) < 4.78 is 11.6. The molecule has 0 spiro atoms. The van der Waals surface area contributed by atoms with Crippen LogP contribution in [0.4, 0.5) is 5.69 Å². The number of Topliss-reactive ketones (excluding diaryl/α,β-unsaturated/α-hetero) is 1. The van der Waals surface area contributed by atoms with Crippen LogP contribution < -0.4 is 20.1 Å². The van der Waals surface area contributed by atoms with Crippen LogP contribution in [0.5, 0.6) is 11.5 Å².